The quantitative estimate of drug-likeness (QED) is 0.847. The molecule has 1 aromatic heterocycles. The van der Waals surface area contributed by atoms with Crippen LogP contribution in [0.3, 0.4) is 0 Å². The minimum atomic E-state index is -0.413. The maximum atomic E-state index is 12.9. The number of carbonyl (C=O) groups is 3. The Labute approximate surface area is 157 Å². The van der Waals surface area contributed by atoms with E-state index in [9.17, 15) is 14.4 Å². The first kappa shape index (κ1) is 18.7. The smallest absolute Gasteiger partial charge is 0.317 e. The van der Waals surface area contributed by atoms with Gasteiger partial charge in [0.1, 0.15) is 0 Å². The summed E-state index contributed by atoms with van der Waals surface area (Å²) in [5.74, 6) is 0.0483. The molecule has 0 saturated carbocycles. The van der Waals surface area contributed by atoms with E-state index in [1.54, 1.807) is 21.7 Å². The van der Waals surface area contributed by atoms with E-state index < -0.39 is 5.41 Å². The normalized spacial score (nSPS) is 23.7. The lowest BCUT2D eigenvalue weighted by Crippen LogP contribution is -2.49. The Kier molecular flexibility index (Phi) is 5.22. The first-order chi connectivity index (χ1) is 12.3. The van der Waals surface area contributed by atoms with Crippen LogP contribution in [0.4, 0.5) is 4.79 Å². The van der Waals surface area contributed by atoms with Crippen LogP contribution in [-0.4, -0.2) is 78.4 Å². The first-order valence-corrected chi connectivity index (χ1v) is 9.80. The molecular formula is C18H26N4O3S. The van der Waals surface area contributed by atoms with Crippen LogP contribution in [0, 0.1) is 5.41 Å². The number of nitrogens with one attached hydrogen (secondary N) is 1. The highest BCUT2D eigenvalue weighted by atomic mass is 32.1. The lowest BCUT2D eigenvalue weighted by atomic mass is 9.86. The lowest BCUT2D eigenvalue weighted by molar-refractivity contribution is -0.126. The summed E-state index contributed by atoms with van der Waals surface area (Å²) >= 11 is 1.42. The molecule has 7 nitrogen and oxygen atoms in total. The van der Waals surface area contributed by atoms with Gasteiger partial charge in [-0.1, -0.05) is 6.07 Å². The average molecular weight is 378 g/mol. The van der Waals surface area contributed by atoms with Crippen LogP contribution in [-0.2, 0) is 4.79 Å². The van der Waals surface area contributed by atoms with E-state index in [1.807, 2.05) is 31.4 Å². The van der Waals surface area contributed by atoms with Crippen LogP contribution in [0.25, 0.3) is 0 Å². The highest BCUT2D eigenvalue weighted by Gasteiger charge is 2.47. The summed E-state index contributed by atoms with van der Waals surface area (Å²) in [4.78, 5) is 43.7. The maximum Gasteiger partial charge on any atom is 0.317 e. The minimum Gasteiger partial charge on any atom is -0.345 e. The fourth-order valence-corrected chi connectivity index (χ4v) is 4.51. The number of amides is 4. The summed E-state index contributed by atoms with van der Waals surface area (Å²) in [7, 11) is 1.78. The van der Waals surface area contributed by atoms with Crippen LogP contribution >= 0.6 is 11.3 Å². The summed E-state index contributed by atoms with van der Waals surface area (Å²) < 4.78 is 0. The van der Waals surface area contributed by atoms with Crippen molar-refractivity contribution in [2.45, 2.75) is 26.3 Å². The average Bonchev–Trinajstić information content (AvgIpc) is 3.13. The fourth-order valence-electron chi connectivity index (χ4n) is 3.82. The molecule has 1 spiro atoms. The highest BCUT2D eigenvalue weighted by Crippen LogP contribution is 2.35. The number of carbonyl (C=O) groups excluding carboxylic acids is 3. The van der Waals surface area contributed by atoms with E-state index >= 15 is 0 Å². The number of hydrogen-bond donors (Lipinski definition) is 1. The van der Waals surface area contributed by atoms with Crippen molar-refractivity contribution in [1.29, 1.82) is 0 Å². The van der Waals surface area contributed by atoms with Crippen LogP contribution in [0.1, 0.15) is 29.9 Å². The number of nitrogens with zero attached hydrogens (tertiary/aromatic N) is 3. The van der Waals surface area contributed by atoms with Gasteiger partial charge in [0, 0.05) is 57.6 Å². The summed E-state index contributed by atoms with van der Waals surface area (Å²) in [6.07, 6.45) is 0.364. The zero-order valence-electron chi connectivity index (χ0n) is 15.5. The minimum absolute atomic E-state index is 0.0208. The number of likely N-dealkylation sites (tertiary alicyclic amines) is 1. The van der Waals surface area contributed by atoms with Crippen LogP contribution < -0.4 is 5.32 Å². The van der Waals surface area contributed by atoms with Crippen molar-refractivity contribution < 1.29 is 14.4 Å². The zero-order valence-corrected chi connectivity index (χ0v) is 16.3. The summed E-state index contributed by atoms with van der Waals surface area (Å²) in [6, 6.07) is 3.59. The molecule has 1 aromatic rings. The number of thiophene rings is 1. The Morgan fingerprint density at radius 3 is 2.46 bits per heavy atom. The lowest BCUT2D eigenvalue weighted by Gasteiger charge is -2.33. The predicted molar refractivity (Wildman–Crippen MR) is 100 cm³/mol. The van der Waals surface area contributed by atoms with Gasteiger partial charge >= 0.3 is 6.03 Å². The number of urea groups is 1. The van der Waals surface area contributed by atoms with Crippen molar-refractivity contribution in [2.24, 2.45) is 5.41 Å². The predicted octanol–water partition coefficient (Wildman–Crippen LogP) is 1.47. The van der Waals surface area contributed by atoms with Gasteiger partial charge in [0.25, 0.3) is 5.91 Å². The molecule has 3 rings (SSSR count). The van der Waals surface area contributed by atoms with E-state index in [0.29, 0.717) is 44.0 Å². The number of rotatable bonds is 2. The molecule has 3 heterocycles. The van der Waals surface area contributed by atoms with Gasteiger partial charge in [-0.2, -0.15) is 0 Å². The highest BCUT2D eigenvalue weighted by molar-refractivity contribution is 7.12. The fraction of sp³-hybridized carbons (Fsp3) is 0.611. The van der Waals surface area contributed by atoms with E-state index in [0.717, 1.165) is 0 Å². The van der Waals surface area contributed by atoms with Gasteiger partial charge in [-0.25, -0.2) is 4.79 Å². The van der Waals surface area contributed by atoms with E-state index in [1.165, 1.54) is 11.3 Å². The zero-order chi connectivity index (χ0) is 18.9. The molecule has 8 heteroatoms. The Bertz CT molecular complexity index is 691. The van der Waals surface area contributed by atoms with Gasteiger partial charge < -0.3 is 20.0 Å². The van der Waals surface area contributed by atoms with Crippen molar-refractivity contribution in [1.82, 2.24) is 20.0 Å². The Hall–Kier alpha value is -2.09. The molecule has 0 aliphatic carbocycles. The SMILES string of the molecule is CC(C)NC(=O)N1CCN(C(=O)c2cccs2)C[C@]2(CC(=O)N(C)C2)C1. The summed E-state index contributed by atoms with van der Waals surface area (Å²) in [6.45, 7) is 6.32. The molecule has 4 amide bonds. The molecule has 0 aromatic carbocycles. The van der Waals surface area contributed by atoms with Crippen LogP contribution in [0.5, 0.6) is 0 Å². The van der Waals surface area contributed by atoms with Gasteiger partial charge in [-0.3, -0.25) is 9.59 Å². The van der Waals surface area contributed by atoms with Crippen molar-refractivity contribution in [2.75, 3.05) is 39.8 Å². The standard InChI is InChI=1S/C18H26N4O3S/c1-13(2)19-17(25)22-7-6-21(16(24)14-5-4-8-26-14)11-18(12-22)9-15(23)20(3)10-18/h4-5,8,13H,6-7,9-12H2,1-3H3,(H,19,25)/t18-/m1/s1. The molecule has 142 valence electrons. The second-order valence-corrected chi connectivity index (χ2v) is 8.60. The molecule has 2 fully saturated rings. The Balaban J connectivity index is 1.84. The van der Waals surface area contributed by atoms with Gasteiger partial charge in [0.2, 0.25) is 5.91 Å². The summed E-state index contributed by atoms with van der Waals surface area (Å²) in [5.41, 5.74) is -0.413. The molecule has 2 aliphatic rings. The van der Waals surface area contributed by atoms with Crippen molar-refractivity contribution in [3.05, 3.63) is 22.4 Å². The second kappa shape index (κ2) is 7.26. The molecule has 1 N–H and O–H groups in total. The molecule has 0 radical (unpaired) electrons. The van der Waals surface area contributed by atoms with Crippen LogP contribution in [0.15, 0.2) is 17.5 Å². The molecule has 2 aliphatic heterocycles. The number of hydrogen-bond acceptors (Lipinski definition) is 4. The van der Waals surface area contributed by atoms with Gasteiger partial charge in [0.15, 0.2) is 0 Å². The van der Waals surface area contributed by atoms with E-state index in [4.69, 9.17) is 0 Å². The molecule has 1 atom stereocenters. The molecule has 2 saturated heterocycles. The van der Waals surface area contributed by atoms with Gasteiger partial charge in [-0.05, 0) is 25.3 Å². The third-order valence-electron chi connectivity index (χ3n) is 4.94. The summed E-state index contributed by atoms with van der Waals surface area (Å²) in [5, 5.41) is 4.81. The molecule has 0 bridgehead atoms. The maximum absolute atomic E-state index is 12.9. The third kappa shape index (κ3) is 3.85. The van der Waals surface area contributed by atoms with Gasteiger partial charge in [0.05, 0.1) is 4.88 Å². The largest absolute Gasteiger partial charge is 0.345 e. The monoisotopic (exact) mass is 378 g/mol. The van der Waals surface area contributed by atoms with Crippen molar-refractivity contribution in [3.8, 4) is 0 Å². The molecular weight excluding hydrogens is 352 g/mol. The third-order valence-corrected chi connectivity index (χ3v) is 5.79. The van der Waals surface area contributed by atoms with E-state index in [2.05, 4.69) is 5.32 Å². The topological polar surface area (TPSA) is 73.0 Å². The van der Waals surface area contributed by atoms with Crippen molar-refractivity contribution >= 4 is 29.2 Å². The second-order valence-electron chi connectivity index (χ2n) is 7.66. The first-order valence-electron chi connectivity index (χ1n) is 8.92. The van der Waals surface area contributed by atoms with Crippen molar-refractivity contribution in [3.63, 3.8) is 0 Å². The van der Waals surface area contributed by atoms with E-state index in [-0.39, 0.29) is 23.9 Å². The Morgan fingerprint density at radius 1 is 1.19 bits per heavy atom. The molecule has 0 unspecified atom stereocenters. The van der Waals surface area contributed by atoms with Crippen LogP contribution in [0.2, 0.25) is 0 Å². The van der Waals surface area contributed by atoms with Gasteiger partial charge in [-0.15, -0.1) is 11.3 Å². The Morgan fingerprint density at radius 2 is 1.88 bits per heavy atom. The molecule has 26 heavy (non-hydrogen) atoms.